The predicted octanol–water partition coefficient (Wildman–Crippen LogP) is 3.64. The summed E-state index contributed by atoms with van der Waals surface area (Å²) in [6, 6.07) is 18.9. The van der Waals surface area contributed by atoms with E-state index in [1.165, 1.54) is 0 Å². The topological polar surface area (TPSA) is 84.6 Å². The van der Waals surface area contributed by atoms with Crippen LogP contribution in [0.1, 0.15) is 16.8 Å². The van der Waals surface area contributed by atoms with Crippen molar-refractivity contribution in [1.82, 2.24) is 20.3 Å². The first-order valence-electron chi connectivity index (χ1n) is 10.5. The molecule has 8 nitrogen and oxygen atoms in total. The van der Waals surface area contributed by atoms with E-state index in [-0.39, 0.29) is 12.0 Å². The summed E-state index contributed by atoms with van der Waals surface area (Å²) in [5, 5.41) is 13.2. The maximum atomic E-state index is 13.2. The molecule has 32 heavy (non-hydrogen) atoms. The van der Waals surface area contributed by atoms with Gasteiger partial charge in [-0.05, 0) is 24.3 Å². The molecule has 0 saturated carbocycles. The van der Waals surface area contributed by atoms with Crippen LogP contribution in [0.15, 0.2) is 65.2 Å². The van der Waals surface area contributed by atoms with Gasteiger partial charge in [0.25, 0.3) is 5.91 Å². The number of hydrogen-bond donors (Lipinski definition) is 0. The largest absolute Gasteiger partial charge is 0.471 e. The third-order valence-corrected chi connectivity index (χ3v) is 5.56. The SMILES string of the molecule is CN(C)c1ccc(OC2CCN(C(=O)c3ccc4noc(-c5ccccc5)c4c3)C2)nn1. The fourth-order valence-corrected chi connectivity index (χ4v) is 3.85. The Balaban J connectivity index is 1.30. The summed E-state index contributed by atoms with van der Waals surface area (Å²) in [4.78, 5) is 16.8. The van der Waals surface area contributed by atoms with Crippen molar-refractivity contribution in [2.75, 3.05) is 32.1 Å². The molecule has 0 radical (unpaired) electrons. The minimum Gasteiger partial charge on any atom is -0.471 e. The molecular formula is C24H23N5O3. The summed E-state index contributed by atoms with van der Waals surface area (Å²) in [6.07, 6.45) is 0.630. The molecule has 1 fully saturated rings. The van der Waals surface area contributed by atoms with E-state index in [1.54, 1.807) is 12.1 Å². The van der Waals surface area contributed by atoms with E-state index in [2.05, 4.69) is 15.4 Å². The number of rotatable bonds is 5. The van der Waals surface area contributed by atoms with Crippen LogP contribution in [0, 0.1) is 0 Å². The number of ether oxygens (including phenoxy) is 1. The van der Waals surface area contributed by atoms with Gasteiger partial charge in [-0.2, -0.15) is 0 Å². The van der Waals surface area contributed by atoms with E-state index < -0.39 is 0 Å². The number of amides is 1. The Morgan fingerprint density at radius 2 is 1.94 bits per heavy atom. The third kappa shape index (κ3) is 3.87. The molecule has 1 amide bonds. The molecule has 1 aliphatic rings. The Hall–Kier alpha value is -3.94. The highest BCUT2D eigenvalue weighted by atomic mass is 16.5. The fourth-order valence-electron chi connectivity index (χ4n) is 3.85. The van der Waals surface area contributed by atoms with Crippen molar-refractivity contribution in [3.8, 4) is 17.2 Å². The lowest BCUT2D eigenvalue weighted by Crippen LogP contribution is -2.31. The molecule has 1 saturated heterocycles. The van der Waals surface area contributed by atoms with Crippen LogP contribution >= 0.6 is 0 Å². The number of carbonyl (C=O) groups is 1. The van der Waals surface area contributed by atoms with Gasteiger partial charge in [0.1, 0.15) is 11.6 Å². The molecule has 2 aromatic heterocycles. The quantitative estimate of drug-likeness (QED) is 0.479. The number of aromatic nitrogens is 3. The van der Waals surface area contributed by atoms with Gasteiger partial charge in [0.2, 0.25) is 5.88 Å². The van der Waals surface area contributed by atoms with Crippen molar-refractivity contribution in [2.45, 2.75) is 12.5 Å². The first kappa shape index (κ1) is 20.0. The summed E-state index contributed by atoms with van der Waals surface area (Å²) in [5.74, 6) is 1.86. The van der Waals surface area contributed by atoms with Crippen molar-refractivity contribution in [3.05, 3.63) is 66.2 Å². The highest BCUT2D eigenvalue weighted by Gasteiger charge is 2.29. The smallest absolute Gasteiger partial charge is 0.254 e. The van der Waals surface area contributed by atoms with Gasteiger partial charge < -0.3 is 19.1 Å². The zero-order valence-corrected chi connectivity index (χ0v) is 17.9. The molecule has 8 heteroatoms. The van der Waals surface area contributed by atoms with E-state index >= 15 is 0 Å². The normalized spacial score (nSPS) is 15.8. The average molecular weight is 429 g/mol. The minimum atomic E-state index is -0.113. The second kappa shape index (κ2) is 8.30. The van der Waals surface area contributed by atoms with Crippen molar-refractivity contribution < 1.29 is 14.1 Å². The number of anilines is 1. The Kier molecular flexibility index (Phi) is 5.18. The lowest BCUT2D eigenvalue weighted by molar-refractivity contribution is 0.0771. The van der Waals surface area contributed by atoms with Crippen LogP contribution < -0.4 is 9.64 Å². The van der Waals surface area contributed by atoms with E-state index in [0.717, 1.165) is 28.7 Å². The molecule has 4 aromatic rings. The Morgan fingerprint density at radius 1 is 1.09 bits per heavy atom. The van der Waals surface area contributed by atoms with Gasteiger partial charge in [0, 0.05) is 44.3 Å². The van der Waals surface area contributed by atoms with Crippen LogP contribution in [0.25, 0.3) is 22.2 Å². The highest BCUT2D eigenvalue weighted by Crippen LogP contribution is 2.30. The number of carbonyl (C=O) groups excluding carboxylic acids is 1. The molecule has 0 spiro atoms. The monoisotopic (exact) mass is 429 g/mol. The van der Waals surface area contributed by atoms with Crippen molar-refractivity contribution in [2.24, 2.45) is 0 Å². The van der Waals surface area contributed by atoms with Gasteiger partial charge in [-0.25, -0.2) is 0 Å². The molecule has 3 heterocycles. The van der Waals surface area contributed by atoms with Gasteiger partial charge in [0.05, 0.1) is 11.9 Å². The summed E-state index contributed by atoms with van der Waals surface area (Å²) < 4.78 is 11.5. The summed E-state index contributed by atoms with van der Waals surface area (Å²) in [6.45, 7) is 1.13. The zero-order chi connectivity index (χ0) is 22.1. The summed E-state index contributed by atoms with van der Waals surface area (Å²) in [5.41, 5.74) is 2.26. The van der Waals surface area contributed by atoms with Gasteiger partial charge in [-0.1, -0.05) is 35.5 Å². The molecule has 1 aliphatic heterocycles. The minimum absolute atomic E-state index is 0.0350. The van der Waals surface area contributed by atoms with E-state index in [0.29, 0.717) is 30.3 Å². The van der Waals surface area contributed by atoms with Gasteiger partial charge in [-0.3, -0.25) is 4.79 Å². The van der Waals surface area contributed by atoms with Crippen molar-refractivity contribution in [3.63, 3.8) is 0 Å². The van der Waals surface area contributed by atoms with E-state index in [1.807, 2.05) is 72.4 Å². The molecule has 5 rings (SSSR count). The Bertz CT molecular complexity index is 1240. The van der Waals surface area contributed by atoms with Crippen molar-refractivity contribution >= 4 is 22.6 Å². The first-order chi connectivity index (χ1) is 15.6. The van der Waals surface area contributed by atoms with Crippen LogP contribution in [-0.2, 0) is 0 Å². The molecule has 162 valence electrons. The second-order valence-electron chi connectivity index (χ2n) is 8.01. The number of benzene rings is 2. The zero-order valence-electron chi connectivity index (χ0n) is 17.9. The molecule has 1 unspecified atom stereocenters. The second-order valence-corrected chi connectivity index (χ2v) is 8.01. The van der Waals surface area contributed by atoms with Crippen LogP contribution in [-0.4, -0.2) is 59.4 Å². The van der Waals surface area contributed by atoms with Crippen LogP contribution in [0.3, 0.4) is 0 Å². The Labute approximate surface area is 185 Å². The van der Waals surface area contributed by atoms with Crippen molar-refractivity contribution in [1.29, 1.82) is 0 Å². The molecular weight excluding hydrogens is 406 g/mol. The molecule has 2 aromatic carbocycles. The first-order valence-corrected chi connectivity index (χ1v) is 10.5. The molecule has 0 N–H and O–H groups in total. The van der Waals surface area contributed by atoms with Crippen LogP contribution in [0.2, 0.25) is 0 Å². The van der Waals surface area contributed by atoms with Gasteiger partial charge in [-0.15, -0.1) is 10.2 Å². The number of nitrogens with zero attached hydrogens (tertiary/aromatic N) is 5. The van der Waals surface area contributed by atoms with Gasteiger partial charge >= 0.3 is 0 Å². The van der Waals surface area contributed by atoms with E-state index in [9.17, 15) is 4.79 Å². The maximum Gasteiger partial charge on any atom is 0.254 e. The van der Waals surface area contributed by atoms with Crippen LogP contribution in [0.4, 0.5) is 5.82 Å². The predicted molar refractivity (Wildman–Crippen MR) is 121 cm³/mol. The number of likely N-dealkylation sites (tertiary alicyclic amines) is 1. The standard InChI is InChI=1S/C24H23N5O3/c1-28(2)21-10-11-22(26-25-21)31-18-12-13-29(15-18)24(30)17-8-9-20-19(14-17)23(32-27-20)16-6-4-3-5-7-16/h3-11,14,18H,12-13,15H2,1-2H3. The molecule has 1 atom stereocenters. The maximum absolute atomic E-state index is 13.2. The highest BCUT2D eigenvalue weighted by molar-refractivity contribution is 6.01. The lowest BCUT2D eigenvalue weighted by atomic mass is 10.1. The number of fused-ring (bicyclic) bond motifs is 1. The summed E-state index contributed by atoms with van der Waals surface area (Å²) in [7, 11) is 3.81. The fraction of sp³-hybridized carbons (Fsp3) is 0.250. The average Bonchev–Trinajstić information content (AvgIpc) is 3.46. The summed E-state index contributed by atoms with van der Waals surface area (Å²) >= 11 is 0. The van der Waals surface area contributed by atoms with Gasteiger partial charge in [0.15, 0.2) is 11.6 Å². The van der Waals surface area contributed by atoms with E-state index in [4.69, 9.17) is 9.26 Å². The van der Waals surface area contributed by atoms with Crippen LogP contribution in [0.5, 0.6) is 5.88 Å². The lowest BCUT2D eigenvalue weighted by Gasteiger charge is -2.17. The number of hydrogen-bond acceptors (Lipinski definition) is 7. The Morgan fingerprint density at radius 3 is 2.69 bits per heavy atom. The molecule has 0 aliphatic carbocycles. The third-order valence-electron chi connectivity index (χ3n) is 5.56. The molecule has 0 bridgehead atoms.